The lowest BCUT2D eigenvalue weighted by Gasteiger charge is -2.34. The molecule has 14 heavy (non-hydrogen) atoms. The summed E-state index contributed by atoms with van der Waals surface area (Å²) in [6.45, 7) is 1.96. The molecule has 0 bridgehead atoms. The van der Waals surface area contributed by atoms with Crippen molar-refractivity contribution in [2.45, 2.75) is 25.2 Å². The minimum atomic E-state index is -0.219. The largest absolute Gasteiger partial charge is 0.390 e. The molecule has 1 aromatic rings. The van der Waals surface area contributed by atoms with Gasteiger partial charge in [0.25, 0.3) is 0 Å². The van der Waals surface area contributed by atoms with E-state index in [4.69, 9.17) is 0 Å². The van der Waals surface area contributed by atoms with Crippen molar-refractivity contribution in [3.63, 3.8) is 0 Å². The Bertz CT molecular complexity index is 353. The van der Waals surface area contributed by atoms with E-state index in [1.807, 2.05) is 6.07 Å². The van der Waals surface area contributed by atoms with Crippen molar-refractivity contribution in [3.05, 3.63) is 29.8 Å². The smallest absolute Gasteiger partial charge is 0.106 e. The maximum Gasteiger partial charge on any atom is 0.106 e. The first kappa shape index (κ1) is 8.26. The summed E-state index contributed by atoms with van der Waals surface area (Å²) in [6.07, 6.45) is 0.791. The standard InChI is InChI=1S/C11H14N2O/c14-10-5-6-13-7-8-3-1-2-4-9(8)12-11(10)13/h1-4,10-12,14H,5-7H2/t10-,11?/m1/s1. The van der Waals surface area contributed by atoms with Gasteiger partial charge < -0.3 is 10.4 Å². The highest BCUT2D eigenvalue weighted by molar-refractivity contribution is 5.53. The van der Waals surface area contributed by atoms with Crippen molar-refractivity contribution >= 4 is 5.69 Å². The fraction of sp³-hybridized carbons (Fsp3) is 0.455. The van der Waals surface area contributed by atoms with Crippen LogP contribution in [0, 0.1) is 0 Å². The third kappa shape index (κ3) is 1.13. The van der Waals surface area contributed by atoms with Gasteiger partial charge >= 0.3 is 0 Å². The van der Waals surface area contributed by atoms with Gasteiger partial charge in [0.15, 0.2) is 0 Å². The third-order valence-electron chi connectivity index (χ3n) is 3.16. The van der Waals surface area contributed by atoms with Gasteiger partial charge in [-0.2, -0.15) is 0 Å². The van der Waals surface area contributed by atoms with E-state index in [0.717, 1.165) is 19.5 Å². The molecule has 74 valence electrons. The Kier molecular flexibility index (Phi) is 1.75. The van der Waals surface area contributed by atoms with Gasteiger partial charge in [-0.15, -0.1) is 0 Å². The first-order chi connectivity index (χ1) is 6.84. The monoisotopic (exact) mass is 190 g/mol. The summed E-state index contributed by atoms with van der Waals surface area (Å²) in [5.74, 6) is 0. The number of fused-ring (bicyclic) bond motifs is 2. The Balaban J connectivity index is 1.95. The van der Waals surface area contributed by atoms with E-state index in [-0.39, 0.29) is 12.3 Å². The van der Waals surface area contributed by atoms with Crippen LogP contribution in [0.4, 0.5) is 5.69 Å². The zero-order valence-electron chi connectivity index (χ0n) is 7.98. The number of aliphatic hydroxyl groups is 1. The van der Waals surface area contributed by atoms with Crippen molar-refractivity contribution in [2.24, 2.45) is 0 Å². The highest BCUT2D eigenvalue weighted by Crippen LogP contribution is 2.30. The third-order valence-corrected chi connectivity index (χ3v) is 3.16. The molecule has 0 saturated carbocycles. The predicted molar refractivity (Wildman–Crippen MR) is 54.9 cm³/mol. The van der Waals surface area contributed by atoms with Crippen molar-refractivity contribution < 1.29 is 5.11 Å². The molecule has 0 aliphatic carbocycles. The second-order valence-corrected chi connectivity index (χ2v) is 4.07. The zero-order valence-corrected chi connectivity index (χ0v) is 7.98. The molecule has 1 aromatic carbocycles. The SMILES string of the molecule is O[C@@H]1CCN2Cc3ccccc3NC12. The Morgan fingerprint density at radius 3 is 3.14 bits per heavy atom. The fourth-order valence-corrected chi connectivity index (χ4v) is 2.38. The van der Waals surface area contributed by atoms with E-state index in [0.29, 0.717) is 0 Å². The van der Waals surface area contributed by atoms with Crippen molar-refractivity contribution in [3.8, 4) is 0 Å². The average molecular weight is 190 g/mol. The van der Waals surface area contributed by atoms with Crippen molar-refractivity contribution in [1.29, 1.82) is 0 Å². The lowest BCUT2D eigenvalue weighted by molar-refractivity contribution is 0.124. The Hall–Kier alpha value is -1.06. The summed E-state index contributed by atoms with van der Waals surface area (Å²) in [4.78, 5) is 2.30. The fourth-order valence-electron chi connectivity index (χ4n) is 2.38. The molecule has 0 aromatic heterocycles. The lowest BCUT2D eigenvalue weighted by Crippen LogP contribution is -2.44. The van der Waals surface area contributed by atoms with Gasteiger partial charge in [-0.25, -0.2) is 0 Å². The van der Waals surface area contributed by atoms with Crippen LogP contribution in [-0.2, 0) is 6.54 Å². The van der Waals surface area contributed by atoms with Crippen LogP contribution in [0.1, 0.15) is 12.0 Å². The lowest BCUT2D eigenvalue weighted by atomic mass is 10.1. The van der Waals surface area contributed by atoms with Gasteiger partial charge in [-0.05, 0) is 18.1 Å². The summed E-state index contributed by atoms with van der Waals surface area (Å²) in [7, 11) is 0. The van der Waals surface area contributed by atoms with E-state index in [1.165, 1.54) is 11.3 Å². The number of rotatable bonds is 0. The first-order valence-electron chi connectivity index (χ1n) is 5.11. The molecular weight excluding hydrogens is 176 g/mol. The van der Waals surface area contributed by atoms with E-state index in [9.17, 15) is 5.11 Å². The van der Waals surface area contributed by atoms with Crippen LogP contribution in [0.3, 0.4) is 0 Å². The van der Waals surface area contributed by atoms with E-state index >= 15 is 0 Å². The average Bonchev–Trinajstić information content (AvgIpc) is 2.57. The molecule has 3 rings (SSSR count). The molecule has 2 heterocycles. The maximum atomic E-state index is 9.75. The number of para-hydroxylation sites is 1. The summed E-state index contributed by atoms with van der Waals surface area (Å²) in [6, 6.07) is 8.32. The normalized spacial score (nSPS) is 30.6. The Labute approximate surface area is 83.3 Å². The molecule has 1 fully saturated rings. The summed E-state index contributed by atoms with van der Waals surface area (Å²) >= 11 is 0. The molecule has 2 aliphatic heterocycles. The number of hydrogen-bond acceptors (Lipinski definition) is 3. The highest BCUT2D eigenvalue weighted by Gasteiger charge is 2.35. The van der Waals surface area contributed by atoms with E-state index in [2.05, 4.69) is 28.4 Å². The van der Waals surface area contributed by atoms with Crippen LogP contribution in [-0.4, -0.2) is 28.8 Å². The topological polar surface area (TPSA) is 35.5 Å². The number of benzene rings is 1. The van der Waals surface area contributed by atoms with Gasteiger partial charge in [-0.3, -0.25) is 4.90 Å². The van der Waals surface area contributed by atoms with Crippen LogP contribution in [0.15, 0.2) is 24.3 Å². The second-order valence-electron chi connectivity index (χ2n) is 4.07. The second kappa shape index (κ2) is 2.97. The van der Waals surface area contributed by atoms with Gasteiger partial charge in [0, 0.05) is 18.8 Å². The van der Waals surface area contributed by atoms with Crippen LogP contribution >= 0.6 is 0 Å². The molecule has 2 atom stereocenters. The van der Waals surface area contributed by atoms with Crippen LogP contribution in [0.5, 0.6) is 0 Å². The van der Waals surface area contributed by atoms with Gasteiger partial charge in [-0.1, -0.05) is 18.2 Å². The van der Waals surface area contributed by atoms with Crippen molar-refractivity contribution in [1.82, 2.24) is 4.90 Å². The van der Waals surface area contributed by atoms with Gasteiger partial charge in [0.2, 0.25) is 0 Å². The number of aliphatic hydroxyl groups excluding tert-OH is 1. The molecule has 3 heteroatoms. The quantitative estimate of drug-likeness (QED) is 0.640. The summed E-state index contributed by atoms with van der Waals surface area (Å²) in [5.41, 5.74) is 2.51. The molecule has 1 saturated heterocycles. The minimum Gasteiger partial charge on any atom is -0.390 e. The molecule has 0 amide bonds. The molecular formula is C11H14N2O. The van der Waals surface area contributed by atoms with Crippen molar-refractivity contribution in [2.75, 3.05) is 11.9 Å². The predicted octanol–water partition coefficient (Wildman–Crippen LogP) is 1.00. The Morgan fingerprint density at radius 2 is 2.21 bits per heavy atom. The molecule has 0 radical (unpaired) electrons. The number of nitrogens with zero attached hydrogens (tertiary/aromatic N) is 1. The van der Waals surface area contributed by atoms with Gasteiger partial charge in [0.1, 0.15) is 6.17 Å². The zero-order chi connectivity index (χ0) is 9.54. The van der Waals surface area contributed by atoms with E-state index < -0.39 is 0 Å². The molecule has 2 aliphatic rings. The molecule has 3 nitrogen and oxygen atoms in total. The van der Waals surface area contributed by atoms with E-state index in [1.54, 1.807) is 0 Å². The van der Waals surface area contributed by atoms with Crippen LogP contribution in [0.2, 0.25) is 0 Å². The molecule has 1 unspecified atom stereocenters. The number of anilines is 1. The maximum absolute atomic E-state index is 9.75. The summed E-state index contributed by atoms with van der Waals surface area (Å²) in [5, 5.41) is 13.1. The molecule has 0 spiro atoms. The molecule has 2 N–H and O–H groups in total. The first-order valence-corrected chi connectivity index (χ1v) is 5.11. The summed E-state index contributed by atoms with van der Waals surface area (Å²) < 4.78 is 0. The Morgan fingerprint density at radius 1 is 1.36 bits per heavy atom. The number of nitrogens with one attached hydrogen (secondary N) is 1. The van der Waals surface area contributed by atoms with Gasteiger partial charge in [0.05, 0.1) is 6.10 Å². The number of hydrogen-bond donors (Lipinski definition) is 2. The van der Waals surface area contributed by atoms with Crippen LogP contribution < -0.4 is 5.32 Å². The minimum absolute atomic E-state index is 0.130. The van der Waals surface area contributed by atoms with Crippen LogP contribution in [0.25, 0.3) is 0 Å². The highest BCUT2D eigenvalue weighted by atomic mass is 16.3.